The summed E-state index contributed by atoms with van der Waals surface area (Å²) in [5.74, 6) is -0.859. The number of hydrogen-bond donors (Lipinski definition) is 0. The summed E-state index contributed by atoms with van der Waals surface area (Å²) in [7, 11) is 0. The number of halogens is 2. The van der Waals surface area contributed by atoms with Crippen LogP contribution in [-0.2, 0) is 4.74 Å². The zero-order valence-electron chi connectivity index (χ0n) is 10.5. The van der Waals surface area contributed by atoms with Crippen molar-refractivity contribution in [2.45, 2.75) is 13.3 Å². The Morgan fingerprint density at radius 1 is 1.25 bits per heavy atom. The van der Waals surface area contributed by atoms with Gasteiger partial charge in [-0.3, -0.25) is 0 Å². The molecule has 2 aromatic heterocycles. The number of hydrogen-bond acceptors (Lipinski definition) is 6. The molecular formula is C12H10F2N4O2. The minimum absolute atomic E-state index is 0.0745. The van der Waals surface area contributed by atoms with Crippen molar-refractivity contribution < 1.29 is 18.3 Å². The van der Waals surface area contributed by atoms with Crippen molar-refractivity contribution in [3.63, 3.8) is 0 Å². The molecule has 0 spiro atoms. The van der Waals surface area contributed by atoms with Crippen LogP contribution in [0.4, 0.5) is 8.78 Å². The molecule has 6 nitrogen and oxygen atoms in total. The third-order valence-corrected chi connectivity index (χ3v) is 2.29. The normalized spacial score (nSPS) is 10.6. The molecule has 2 aromatic rings. The number of ether oxygens (including phenoxy) is 1. The fourth-order valence-electron chi connectivity index (χ4n) is 1.45. The molecule has 2 rings (SSSR count). The van der Waals surface area contributed by atoms with Gasteiger partial charge in [0.05, 0.1) is 6.61 Å². The van der Waals surface area contributed by atoms with Gasteiger partial charge in [-0.15, -0.1) is 0 Å². The first-order valence-electron chi connectivity index (χ1n) is 5.73. The van der Waals surface area contributed by atoms with E-state index in [1.165, 1.54) is 12.4 Å². The Morgan fingerprint density at radius 3 is 2.55 bits per heavy atom. The highest BCUT2D eigenvalue weighted by molar-refractivity contribution is 5.90. The van der Waals surface area contributed by atoms with Crippen LogP contribution >= 0.6 is 0 Å². The Balaban J connectivity index is 2.45. The second-order valence-electron chi connectivity index (χ2n) is 3.59. The lowest BCUT2D eigenvalue weighted by atomic mass is 10.2. The van der Waals surface area contributed by atoms with Gasteiger partial charge in [-0.05, 0) is 13.0 Å². The second kappa shape index (κ2) is 6.09. The van der Waals surface area contributed by atoms with Crippen molar-refractivity contribution >= 4 is 5.97 Å². The van der Waals surface area contributed by atoms with Crippen molar-refractivity contribution in [2.75, 3.05) is 6.61 Å². The Hall–Kier alpha value is -2.51. The van der Waals surface area contributed by atoms with Gasteiger partial charge < -0.3 is 4.74 Å². The lowest BCUT2D eigenvalue weighted by Gasteiger charge is -2.08. The van der Waals surface area contributed by atoms with Gasteiger partial charge in [0.1, 0.15) is 11.3 Å². The van der Waals surface area contributed by atoms with Crippen molar-refractivity contribution in [1.82, 2.24) is 19.9 Å². The molecule has 0 amide bonds. The van der Waals surface area contributed by atoms with E-state index in [2.05, 4.69) is 24.7 Å². The quantitative estimate of drug-likeness (QED) is 0.797. The molecule has 0 aliphatic carbocycles. The predicted octanol–water partition coefficient (Wildman–Crippen LogP) is 2.05. The summed E-state index contributed by atoms with van der Waals surface area (Å²) >= 11 is 0. The third kappa shape index (κ3) is 2.90. The average molecular weight is 280 g/mol. The standard InChI is InChI=1S/C12H10F2N4O2/c1-2-20-12(19)7-6-17-11(18-8(7)9(13)14)10-15-4-3-5-16-10/h3-6,9H,2H2,1H3. The summed E-state index contributed by atoms with van der Waals surface area (Å²) in [5, 5.41) is 0. The molecule has 0 aliphatic heterocycles. The maximum Gasteiger partial charge on any atom is 0.341 e. The Morgan fingerprint density at radius 2 is 1.95 bits per heavy atom. The van der Waals surface area contributed by atoms with Gasteiger partial charge in [-0.2, -0.15) is 0 Å². The van der Waals surface area contributed by atoms with Gasteiger partial charge in [-0.25, -0.2) is 33.5 Å². The summed E-state index contributed by atoms with van der Waals surface area (Å²) in [4.78, 5) is 26.8. The molecule has 0 saturated heterocycles. The SMILES string of the molecule is CCOC(=O)c1cnc(-c2ncccn2)nc1C(F)F. The zero-order valence-corrected chi connectivity index (χ0v) is 10.5. The number of carbonyl (C=O) groups excluding carboxylic acids is 1. The Labute approximate surface area is 112 Å². The van der Waals surface area contributed by atoms with Crippen LogP contribution in [0.15, 0.2) is 24.7 Å². The maximum absolute atomic E-state index is 13.0. The number of aromatic nitrogens is 4. The molecule has 0 fully saturated rings. The predicted molar refractivity (Wildman–Crippen MR) is 64.0 cm³/mol. The van der Waals surface area contributed by atoms with Crippen molar-refractivity contribution in [3.8, 4) is 11.6 Å². The first-order valence-corrected chi connectivity index (χ1v) is 5.73. The van der Waals surface area contributed by atoms with Gasteiger partial charge >= 0.3 is 5.97 Å². The summed E-state index contributed by atoms with van der Waals surface area (Å²) in [6.45, 7) is 1.65. The molecule has 2 heterocycles. The third-order valence-electron chi connectivity index (χ3n) is 2.29. The monoisotopic (exact) mass is 280 g/mol. The first kappa shape index (κ1) is 13.9. The van der Waals surface area contributed by atoms with Crippen LogP contribution in [0.5, 0.6) is 0 Å². The number of carbonyl (C=O) groups is 1. The molecule has 0 saturated carbocycles. The Bertz CT molecular complexity index is 608. The molecule has 8 heteroatoms. The molecule has 0 N–H and O–H groups in total. The van der Waals surface area contributed by atoms with E-state index in [0.29, 0.717) is 0 Å². The number of nitrogens with zero attached hydrogens (tertiary/aromatic N) is 4. The summed E-state index contributed by atoms with van der Waals surface area (Å²) in [6.07, 6.45) is 0.943. The fraction of sp³-hybridized carbons (Fsp3) is 0.250. The second-order valence-corrected chi connectivity index (χ2v) is 3.59. The molecule has 0 bridgehead atoms. The minimum atomic E-state index is -2.93. The highest BCUT2D eigenvalue weighted by atomic mass is 19.3. The number of esters is 1. The molecule has 104 valence electrons. The highest BCUT2D eigenvalue weighted by Crippen LogP contribution is 2.23. The first-order chi connectivity index (χ1) is 9.63. The van der Waals surface area contributed by atoms with Crippen LogP contribution in [0, 0.1) is 0 Å². The molecule has 0 atom stereocenters. The van der Waals surface area contributed by atoms with Gasteiger partial charge in [0.25, 0.3) is 6.43 Å². The van der Waals surface area contributed by atoms with Crippen LogP contribution in [-0.4, -0.2) is 32.5 Å². The molecule has 0 aromatic carbocycles. The van der Waals surface area contributed by atoms with E-state index in [1.54, 1.807) is 13.0 Å². The van der Waals surface area contributed by atoms with Gasteiger partial charge in [0, 0.05) is 18.6 Å². The van der Waals surface area contributed by atoms with Crippen LogP contribution in [0.2, 0.25) is 0 Å². The van der Waals surface area contributed by atoms with Crippen molar-refractivity contribution in [2.24, 2.45) is 0 Å². The van der Waals surface area contributed by atoms with E-state index < -0.39 is 18.1 Å². The van der Waals surface area contributed by atoms with Crippen LogP contribution < -0.4 is 0 Å². The van der Waals surface area contributed by atoms with Gasteiger partial charge in [-0.1, -0.05) is 0 Å². The molecule has 20 heavy (non-hydrogen) atoms. The molecule has 0 aliphatic rings. The maximum atomic E-state index is 13.0. The summed E-state index contributed by atoms with van der Waals surface area (Å²) in [6, 6.07) is 1.57. The number of rotatable bonds is 4. The van der Waals surface area contributed by atoms with E-state index in [0.717, 1.165) is 6.20 Å². The lowest BCUT2D eigenvalue weighted by Crippen LogP contribution is -2.12. The van der Waals surface area contributed by atoms with E-state index in [-0.39, 0.29) is 23.8 Å². The summed E-state index contributed by atoms with van der Waals surface area (Å²) < 4.78 is 30.7. The minimum Gasteiger partial charge on any atom is -0.462 e. The summed E-state index contributed by atoms with van der Waals surface area (Å²) in [5.41, 5.74) is -1.05. The molecule has 0 unspecified atom stereocenters. The Kier molecular flexibility index (Phi) is 4.24. The largest absolute Gasteiger partial charge is 0.462 e. The van der Waals surface area contributed by atoms with Crippen LogP contribution in [0.1, 0.15) is 29.4 Å². The number of alkyl halides is 2. The van der Waals surface area contributed by atoms with E-state index in [9.17, 15) is 13.6 Å². The van der Waals surface area contributed by atoms with Gasteiger partial charge in [0.15, 0.2) is 11.6 Å². The fourth-order valence-corrected chi connectivity index (χ4v) is 1.45. The highest BCUT2D eigenvalue weighted by Gasteiger charge is 2.23. The van der Waals surface area contributed by atoms with Crippen LogP contribution in [0.25, 0.3) is 11.6 Å². The smallest absolute Gasteiger partial charge is 0.341 e. The van der Waals surface area contributed by atoms with Crippen LogP contribution in [0.3, 0.4) is 0 Å². The molecular weight excluding hydrogens is 270 g/mol. The van der Waals surface area contributed by atoms with E-state index in [1.807, 2.05) is 0 Å². The zero-order chi connectivity index (χ0) is 14.5. The van der Waals surface area contributed by atoms with Crippen molar-refractivity contribution in [3.05, 3.63) is 35.9 Å². The average Bonchev–Trinajstić information content (AvgIpc) is 2.47. The lowest BCUT2D eigenvalue weighted by molar-refractivity contribution is 0.0513. The van der Waals surface area contributed by atoms with E-state index in [4.69, 9.17) is 0 Å². The van der Waals surface area contributed by atoms with Crippen molar-refractivity contribution in [1.29, 1.82) is 0 Å². The topological polar surface area (TPSA) is 77.9 Å². The van der Waals surface area contributed by atoms with Gasteiger partial charge in [0.2, 0.25) is 0 Å². The molecule has 0 radical (unpaired) electrons. The van der Waals surface area contributed by atoms with E-state index >= 15 is 0 Å².